The predicted molar refractivity (Wildman–Crippen MR) is 76.0 cm³/mol. The van der Waals surface area contributed by atoms with Crippen LogP contribution < -0.4 is 10.5 Å². The zero-order valence-corrected chi connectivity index (χ0v) is 11.7. The molecule has 0 amide bonds. The quantitative estimate of drug-likeness (QED) is 0.890. The molecule has 18 heavy (non-hydrogen) atoms. The first kappa shape index (κ1) is 13.7. The number of nitrogens with two attached hydrogens (primary N) is 1. The molecule has 0 unspecified atom stereocenters. The molecule has 1 aliphatic heterocycles. The highest BCUT2D eigenvalue weighted by molar-refractivity contribution is 7.99. The van der Waals surface area contributed by atoms with Crippen LogP contribution in [-0.2, 0) is 17.0 Å². The summed E-state index contributed by atoms with van der Waals surface area (Å²) in [6.07, 6.45) is 2.31. The van der Waals surface area contributed by atoms with E-state index in [9.17, 15) is 0 Å². The van der Waals surface area contributed by atoms with E-state index in [4.69, 9.17) is 15.2 Å². The lowest BCUT2D eigenvalue weighted by atomic mass is 10.1. The van der Waals surface area contributed by atoms with Crippen LogP contribution in [-0.4, -0.2) is 25.6 Å². The van der Waals surface area contributed by atoms with Gasteiger partial charge in [0, 0.05) is 36.3 Å². The van der Waals surface area contributed by atoms with Gasteiger partial charge in [-0.1, -0.05) is 6.07 Å². The molecule has 0 aromatic heterocycles. The van der Waals surface area contributed by atoms with Crippen molar-refractivity contribution in [1.82, 2.24) is 0 Å². The van der Waals surface area contributed by atoms with Crippen LogP contribution in [0.15, 0.2) is 18.2 Å². The molecule has 1 aromatic rings. The number of thioether (sulfide) groups is 1. The molecule has 2 rings (SSSR count). The molecule has 0 saturated carbocycles. The van der Waals surface area contributed by atoms with Crippen molar-refractivity contribution in [2.75, 3.05) is 20.3 Å². The first-order valence-electron chi connectivity index (χ1n) is 6.38. The molecule has 0 aliphatic carbocycles. The standard InChI is InChI=1S/C14H21NO2S/c1-16-14-3-2-11(9-15)8-12(14)10-18-13-4-6-17-7-5-13/h2-3,8,13H,4-7,9-10,15H2,1H3. The lowest BCUT2D eigenvalue weighted by molar-refractivity contribution is 0.1000. The number of hydrogen-bond donors (Lipinski definition) is 1. The van der Waals surface area contributed by atoms with Crippen molar-refractivity contribution in [3.8, 4) is 5.75 Å². The van der Waals surface area contributed by atoms with Gasteiger partial charge in [0.05, 0.1) is 7.11 Å². The van der Waals surface area contributed by atoms with Crippen molar-refractivity contribution in [1.29, 1.82) is 0 Å². The van der Waals surface area contributed by atoms with Gasteiger partial charge in [0.1, 0.15) is 5.75 Å². The molecular weight excluding hydrogens is 246 g/mol. The van der Waals surface area contributed by atoms with Gasteiger partial charge in [-0.05, 0) is 30.5 Å². The second kappa shape index (κ2) is 7.02. The summed E-state index contributed by atoms with van der Waals surface area (Å²) < 4.78 is 10.8. The number of ether oxygens (including phenoxy) is 2. The third kappa shape index (κ3) is 3.64. The third-order valence-corrected chi connectivity index (χ3v) is 4.64. The maximum atomic E-state index is 5.69. The van der Waals surface area contributed by atoms with E-state index in [-0.39, 0.29) is 0 Å². The molecule has 0 atom stereocenters. The van der Waals surface area contributed by atoms with E-state index in [0.717, 1.165) is 37.6 Å². The van der Waals surface area contributed by atoms with Gasteiger partial charge in [0.15, 0.2) is 0 Å². The van der Waals surface area contributed by atoms with Crippen molar-refractivity contribution >= 4 is 11.8 Å². The van der Waals surface area contributed by atoms with Crippen LogP contribution in [0.4, 0.5) is 0 Å². The molecule has 2 N–H and O–H groups in total. The summed E-state index contributed by atoms with van der Waals surface area (Å²) in [4.78, 5) is 0. The number of benzene rings is 1. The summed E-state index contributed by atoms with van der Waals surface area (Å²) in [5.41, 5.74) is 8.10. The van der Waals surface area contributed by atoms with E-state index in [0.29, 0.717) is 11.8 Å². The Kier molecular flexibility index (Phi) is 5.35. The normalized spacial score (nSPS) is 16.8. The van der Waals surface area contributed by atoms with Crippen molar-refractivity contribution in [2.45, 2.75) is 30.4 Å². The fourth-order valence-electron chi connectivity index (χ4n) is 2.12. The molecule has 1 aromatic carbocycles. The Labute approximate surface area is 113 Å². The molecule has 0 bridgehead atoms. The molecule has 1 fully saturated rings. The third-order valence-electron chi connectivity index (χ3n) is 3.22. The van der Waals surface area contributed by atoms with Gasteiger partial charge in [-0.2, -0.15) is 11.8 Å². The fraction of sp³-hybridized carbons (Fsp3) is 0.571. The Balaban J connectivity index is 1.97. The topological polar surface area (TPSA) is 44.5 Å². The molecule has 4 heteroatoms. The van der Waals surface area contributed by atoms with Crippen LogP contribution in [0, 0.1) is 0 Å². The summed E-state index contributed by atoms with van der Waals surface area (Å²) in [5.74, 6) is 1.95. The Morgan fingerprint density at radius 1 is 1.39 bits per heavy atom. The Hall–Kier alpha value is -0.710. The molecule has 3 nitrogen and oxygen atoms in total. The van der Waals surface area contributed by atoms with Crippen molar-refractivity contribution in [2.24, 2.45) is 5.73 Å². The van der Waals surface area contributed by atoms with Gasteiger partial charge in [-0.3, -0.25) is 0 Å². The van der Waals surface area contributed by atoms with E-state index in [1.807, 2.05) is 23.9 Å². The maximum absolute atomic E-state index is 5.69. The first-order valence-corrected chi connectivity index (χ1v) is 7.43. The summed E-state index contributed by atoms with van der Waals surface area (Å²) in [6.45, 7) is 2.38. The zero-order chi connectivity index (χ0) is 12.8. The monoisotopic (exact) mass is 267 g/mol. The highest BCUT2D eigenvalue weighted by atomic mass is 32.2. The van der Waals surface area contributed by atoms with E-state index in [1.165, 1.54) is 11.1 Å². The molecular formula is C14H21NO2S. The average Bonchev–Trinajstić information content (AvgIpc) is 2.45. The van der Waals surface area contributed by atoms with Crippen LogP contribution in [0.3, 0.4) is 0 Å². The number of methoxy groups -OCH3 is 1. The van der Waals surface area contributed by atoms with Gasteiger partial charge in [-0.15, -0.1) is 0 Å². The van der Waals surface area contributed by atoms with E-state index in [1.54, 1.807) is 7.11 Å². The van der Waals surface area contributed by atoms with E-state index in [2.05, 4.69) is 6.07 Å². The lowest BCUT2D eigenvalue weighted by Gasteiger charge is -2.22. The molecule has 1 heterocycles. The molecule has 1 saturated heterocycles. The molecule has 1 aliphatic rings. The van der Waals surface area contributed by atoms with Crippen LogP contribution in [0.2, 0.25) is 0 Å². The van der Waals surface area contributed by atoms with Gasteiger partial charge >= 0.3 is 0 Å². The SMILES string of the molecule is COc1ccc(CN)cc1CSC1CCOCC1. The molecule has 100 valence electrons. The second-order valence-electron chi connectivity index (χ2n) is 4.47. The van der Waals surface area contributed by atoms with Gasteiger partial charge in [-0.25, -0.2) is 0 Å². The minimum Gasteiger partial charge on any atom is -0.496 e. The molecule has 0 radical (unpaired) electrons. The first-order chi connectivity index (χ1) is 8.83. The Bertz CT molecular complexity index is 378. The van der Waals surface area contributed by atoms with E-state index >= 15 is 0 Å². The maximum Gasteiger partial charge on any atom is 0.122 e. The lowest BCUT2D eigenvalue weighted by Crippen LogP contribution is -2.17. The fourth-order valence-corrected chi connectivity index (χ4v) is 3.29. The Morgan fingerprint density at radius 3 is 2.83 bits per heavy atom. The summed E-state index contributed by atoms with van der Waals surface area (Å²) in [6, 6.07) is 6.20. The smallest absolute Gasteiger partial charge is 0.122 e. The Morgan fingerprint density at radius 2 is 2.17 bits per heavy atom. The predicted octanol–water partition coefficient (Wildman–Crippen LogP) is 2.57. The summed E-state index contributed by atoms with van der Waals surface area (Å²) in [7, 11) is 1.72. The van der Waals surface area contributed by atoms with Gasteiger partial charge in [0.25, 0.3) is 0 Å². The minimum absolute atomic E-state index is 0.582. The van der Waals surface area contributed by atoms with Crippen LogP contribution in [0.5, 0.6) is 5.75 Å². The van der Waals surface area contributed by atoms with E-state index < -0.39 is 0 Å². The highest BCUT2D eigenvalue weighted by Gasteiger charge is 2.15. The minimum atomic E-state index is 0.582. The molecule has 0 spiro atoms. The van der Waals surface area contributed by atoms with Crippen molar-refractivity contribution in [3.05, 3.63) is 29.3 Å². The highest BCUT2D eigenvalue weighted by Crippen LogP contribution is 2.30. The average molecular weight is 267 g/mol. The zero-order valence-electron chi connectivity index (χ0n) is 10.9. The van der Waals surface area contributed by atoms with Gasteiger partial charge < -0.3 is 15.2 Å². The van der Waals surface area contributed by atoms with Crippen molar-refractivity contribution < 1.29 is 9.47 Å². The summed E-state index contributed by atoms with van der Waals surface area (Å²) in [5, 5.41) is 0.713. The second-order valence-corrected chi connectivity index (χ2v) is 5.76. The number of hydrogen-bond acceptors (Lipinski definition) is 4. The van der Waals surface area contributed by atoms with Crippen molar-refractivity contribution in [3.63, 3.8) is 0 Å². The van der Waals surface area contributed by atoms with Crippen LogP contribution in [0.25, 0.3) is 0 Å². The van der Waals surface area contributed by atoms with Gasteiger partial charge in [0.2, 0.25) is 0 Å². The largest absolute Gasteiger partial charge is 0.496 e. The van der Waals surface area contributed by atoms with Crippen LogP contribution in [0.1, 0.15) is 24.0 Å². The van der Waals surface area contributed by atoms with Crippen LogP contribution >= 0.6 is 11.8 Å². The summed E-state index contributed by atoms with van der Waals surface area (Å²) >= 11 is 2.00. The number of rotatable bonds is 5.